The molecule has 0 spiro atoms. The van der Waals surface area contributed by atoms with Crippen molar-refractivity contribution in [3.63, 3.8) is 0 Å². The second kappa shape index (κ2) is 8.52. The van der Waals surface area contributed by atoms with Crippen LogP contribution in [0.4, 0.5) is 0 Å². The maximum absolute atomic E-state index is 12.1. The van der Waals surface area contributed by atoms with Gasteiger partial charge in [-0.15, -0.1) is 0 Å². The minimum absolute atomic E-state index is 0.120. The molecule has 2 aromatic carbocycles. The number of nitrogens with one attached hydrogen (secondary N) is 2. The van der Waals surface area contributed by atoms with Gasteiger partial charge >= 0.3 is 0 Å². The van der Waals surface area contributed by atoms with Crippen LogP contribution in [0.15, 0.2) is 42.5 Å². The molecule has 0 radical (unpaired) electrons. The number of hydrogen-bond acceptors (Lipinski definition) is 4. The van der Waals surface area contributed by atoms with Gasteiger partial charge in [-0.05, 0) is 42.0 Å². The molecule has 0 bridgehead atoms. The fourth-order valence-corrected chi connectivity index (χ4v) is 2.95. The maximum Gasteiger partial charge on any atom is 0.251 e. The molecule has 0 fully saturated rings. The minimum atomic E-state index is -0.275. The molecule has 2 amide bonds. The van der Waals surface area contributed by atoms with E-state index in [0.717, 1.165) is 17.1 Å². The van der Waals surface area contributed by atoms with Crippen LogP contribution in [0.2, 0.25) is 5.02 Å². The number of carbonyl (C=O) groups is 2. The number of fused-ring (bicyclic) bond motifs is 1. The fraction of sp³-hybridized carbons (Fsp3) is 0.333. The van der Waals surface area contributed by atoms with E-state index in [1.807, 2.05) is 32.0 Å². The average molecular weight is 403 g/mol. The second-order valence-corrected chi connectivity index (χ2v) is 7.68. The highest BCUT2D eigenvalue weighted by Crippen LogP contribution is 2.36. The Morgan fingerprint density at radius 1 is 1.04 bits per heavy atom. The van der Waals surface area contributed by atoms with Crippen molar-refractivity contribution in [2.75, 3.05) is 19.9 Å². The summed E-state index contributed by atoms with van der Waals surface area (Å²) in [5.74, 6) is 1.11. The van der Waals surface area contributed by atoms with E-state index in [-0.39, 0.29) is 37.0 Å². The highest BCUT2D eigenvalue weighted by molar-refractivity contribution is 6.30. The van der Waals surface area contributed by atoms with Gasteiger partial charge in [-0.1, -0.05) is 31.5 Å². The topological polar surface area (TPSA) is 76.7 Å². The van der Waals surface area contributed by atoms with Gasteiger partial charge in [-0.2, -0.15) is 0 Å². The molecule has 1 heterocycles. The van der Waals surface area contributed by atoms with Crippen LogP contribution in [0.25, 0.3) is 0 Å². The Bertz CT molecular complexity index is 865. The van der Waals surface area contributed by atoms with Crippen molar-refractivity contribution < 1.29 is 19.1 Å². The first-order chi connectivity index (χ1) is 13.3. The summed E-state index contributed by atoms with van der Waals surface area (Å²) in [4.78, 5) is 24.2. The molecular formula is C21H23ClN2O4. The first-order valence-electron chi connectivity index (χ1n) is 9.06. The summed E-state index contributed by atoms with van der Waals surface area (Å²) in [6, 6.07) is 12.4. The quantitative estimate of drug-likeness (QED) is 0.745. The van der Waals surface area contributed by atoms with E-state index < -0.39 is 0 Å². The van der Waals surface area contributed by atoms with Crippen molar-refractivity contribution >= 4 is 23.4 Å². The van der Waals surface area contributed by atoms with Crippen LogP contribution in [0.1, 0.15) is 36.2 Å². The lowest BCUT2D eigenvalue weighted by molar-refractivity contribution is -0.121. The Kier molecular flexibility index (Phi) is 6.09. The molecule has 7 heteroatoms. The number of halogens is 1. The van der Waals surface area contributed by atoms with Crippen molar-refractivity contribution in [3.8, 4) is 11.5 Å². The number of amides is 2. The molecule has 0 atom stereocenters. The molecule has 3 rings (SSSR count). The number of benzene rings is 2. The highest BCUT2D eigenvalue weighted by atomic mass is 35.5. The second-order valence-electron chi connectivity index (χ2n) is 7.24. The lowest BCUT2D eigenvalue weighted by Gasteiger charge is -2.26. The van der Waals surface area contributed by atoms with E-state index in [1.54, 1.807) is 24.3 Å². The molecule has 0 aromatic heterocycles. The minimum Gasteiger partial charge on any atom is -0.454 e. The zero-order chi connectivity index (χ0) is 20.1. The van der Waals surface area contributed by atoms with E-state index >= 15 is 0 Å². The van der Waals surface area contributed by atoms with Gasteiger partial charge in [0.25, 0.3) is 5.91 Å². The zero-order valence-corrected chi connectivity index (χ0v) is 16.6. The average Bonchev–Trinajstić information content (AvgIpc) is 3.15. The Labute approximate surface area is 169 Å². The van der Waals surface area contributed by atoms with Gasteiger partial charge in [-0.25, -0.2) is 0 Å². The number of carbonyl (C=O) groups excluding carboxylic acids is 2. The SMILES string of the molecule is CC(C)(CNC(=O)CCNC(=O)c1ccc(Cl)cc1)c1ccc2c(c1)OCO2. The predicted octanol–water partition coefficient (Wildman–Crippen LogP) is 3.28. The van der Waals surface area contributed by atoms with Crippen molar-refractivity contribution in [3.05, 3.63) is 58.6 Å². The molecule has 0 unspecified atom stereocenters. The monoisotopic (exact) mass is 402 g/mol. The predicted molar refractivity (Wildman–Crippen MR) is 107 cm³/mol. The van der Waals surface area contributed by atoms with Crippen LogP contribution >= 0.6 is 11.6 Å². The standard InChI is InChI=1S/C21H23ClN2O4/c1-21(2,15-5-8-17-18(11-15)28-13-27-17)12-24-19(25)9-10-23-20(26)14-3-6-16(22)7-4-14/h3-8,11H,9-10,12-13H2,1-2H3,(H,23,26)(H,24,25). The van der Waals surface area contributed by atoms with Crippen molar-refractivity contribution in [1.29, 1.82) is 0 Å². The van der Waals surface area contributed by atoms with Crippen LogP contribution in [-0.4, -0.2) is 31.7 Å². The van der Waals surface area contributed by atoms with Gasteiger partial charge in [-0.3, -0.25) is 9.59 Å². The molecule has 148 valence electrons. The van der Waals surface area contributed by atoms with Gasteiger partial charge in [0, 0.05) is 35.5 Å². The Hall–Kier alpha value is -2.73. The van der Waals surface area contributed by atoms with Gasteiger partial charge in [0.1, 0.15) is 0 Å². The third-order valence-corrected chi connectivity index (χ3v) is 4.88. The van der Waals surface area contributed by atoms with Crippen LogP contribution in [0.5, 0.6) is 11.5 Å². The van der Waals surface area contributed by atoms with Gasteiger partial charge in [0.15, 0.2) is 11.5 Å². The van der Waals surface area contributed by atoms with Gasteiger partial charge in [0.05, 0.1) is 0 Å². The summed E-state index contributed by atoms with van der Waals surface area (Å²) < 4.78 is 10.8. The maximum atomic E-state index is 12.1. The van der Waals surface area contributed by atoms with Gasteiger partial charge < -0.3 is 20.1 Å². The summed E-state index contributed by atoms with van der Waals surface area (Å²) in [5, 5.41) is 6.23. The molecule has 1 aliphatic rings. The van der Waals surface area contributed by atoms with Crippen LogP contribution in [-0.2, 0) is 10.2 Å². The number of ether oxygens (including phenoxy) is 2. The highest BCUT2D eigenvalue weighted by Gasteiger charge is 2.24. The van der Waals surface area contributed by atoms with Crippen molar-refractivity contribution in [1.82, 2.24) is 10.6 Å². The molecule has 0 saturated heterocycles. The molecule has 28 heavy (non-hydrogen) atoms. The Morgan fingerprint density at radius 3 is 2.50 bits per heavy atom. The molecule has 6 nitrogen and oxygen atoms in total. The summed E-state index contributed by atoms with van der Waals surface area (Å²) in [6.45, 7) is 5.06. The molecule has 2 aromatic rings. The van der Waals surface area contributed by atoms with Crippen LogP contribution < -0.4 is 20.1 Å². The van der Waals surface area contributed by atoms with E-state index in [4.69, 9.17) is 21.1 Å². The third-order valence-electron chi connectivity index (χ3n) is 4.63. The fourth-order valence-electron chi connectivity index (χ4n) is 2.82. The lowest BCUT2D eigenvalue weighted by atomic mass is 9.84. The van der Waals surface area contributed by atoms with Crippen molar-refractivity contribution in [2.24, 2.45) is 0 Å². The molecule has 2 N–H and O–H groups in total. The molecule has 0 saturated carbocycles. The first-order valence-corrected chi connectivity index (χ1v) is 9.43. The van der Waals surface area contributed by atoms with E-state index in [2.05, 4.69) is 10.6 Å². The summed E-state index contributed by atoms with van der Waals surface area (Å²) in [5.41, 5.74) is 1.28. The lowest BCUT2D eigenvalue weighted by Crippen LogP contribution is -2.38. The van der Waals surface area contributed by atoms with Crippen molar-refractivity contribution in [2.45, 2.75) is 25.7 Å². The third kappa shape index (κ3) is 4.95. The molecule has 1 aliphatic heterocycles. The van der Waals surface area contributed by atoms with Crippen LogP contribution in [0.3, 0.4) is 0 Å². The largest absolute Gasteiger partial charge is 0.454 e. The van der Waals surface area contributed by atoms with E-state index in [1.165, 1.54) is 0 Å². The zero-order valence-electron chi connectivity index (χ0n) is 15.9. The smallest absolute Gasteiger partial charge is 0.251 e. The van der Waals surface area contributed by atoms with E-state index in [9.17, 15) is 9.59 Å². The Morgan fingerprint density at radius 2 is 1.75 bits per heavy atom. The van der Waals surface area contributed by atoms with E-state index in [0.29, 0.717) is 17.1 Å². The summed E-state index contributed by atoms with van der Waals surface area (Å²) in [6.07, 6.45) is 0.205. The van der Waals surface area contributed by atoms with Crippen LogP contribution in [0, 0.1) is 0 Å². The Balaban J connectivity index is 1.44. The van der Waals surface area contributed by atoms with Gasteiger partial charge in [0.2, 0.25) is 12.7 Å². The summed E-state index contributed by atoms with van der Waals surface area (Å²) in [7, 11) is 0. The molecular weight excluding hydrogens is 380 g/mol. The number of rotatable bonds is 7. The number of hydrogen-bond donors (Lipinski definition) is 2. The first kappa shape index (κ1) is 20.0. The summed E-state index contributed by atoms with van der Waals surface area (Å²) >= 11 is 5.81. The molecule has 0 aliphatic carbocycles. The normalized spacial score (nSPS) is 12.5.